The molecular formula is C15H14N4O. The van der Waals surface area contributed by atoms with Gasteiger partial charge in [0.25, 0.3) is 5.91 Å². The highest BCUT2D eigenvalue weighted by atomic mass is 16.1. The van der Waals surface area contributed by atoms with E-state index in [-0.39, 0.29) is 5.91 Å². The van der Waals surface area contributed by atoms with Gasteiger partial charge in [0.05, 0.1) is 17.3 Å². The first-order valence-corrected chi connectivity index (χ1v) is 6.30. The van der Waals surface area contributed by atoms with Crippen molar-refractivity contribution < 1.29 is 4.79 Å². The summed E-state index contributed by atoms with van der Waals surface area (Å²) in [4.78, 5) is 12.3. The average Bonchev–Trinajstić information content (AvgIpc) is 2.91. The zero-order chi connectivity index (χ0) is 13.9. The van der Waals surface area contributed by atoms with Crippen LogP contribution in [0.1, 0.15) is 15.9 Å². The molecule has 1 amide bonds. The van der Waals surface area contributed by atoms with Crippen molar-refractivity contribution in [3.63, 3.8) is 0 Å². The lowest BCUT2D eigenvalue weighted by Crippen LogP contribution is -2.12. The maximum atomic E-state index is 12.3. The first-order valence-electron chi connectivity index (χ1n) is 6.30. The van der Waals surface area contributed by atoms with Gasteiger partial charge in [0.15, 0.2) is 0 Å². The van der Waals surface area contributed by atoms with Crippen molar-refractivity contribution in [3.8, 4) is 0 Å². The van der Waals surface area contributed by atoms with Crippen LogP contribution in [0.5, 0.6) is 0 Å². The molecule has 0 atom stereocenters. The Morgan fingerprint density at radius 1 is 1.25 bits per heavy atom. The van der Waals surface area contributed by atoms with Gasteiger partial charge >= 0.3 is 0 Å². The molecule has 2 aromatic heterocycles. The minimum absolute atomic E-state index is 0.180. The largest absolute Gasteiger partial charge is 0.326 e. The Labute approximate surface area is 116 Å². The maximum absolute atomic E-state index is 12.3. The van der Waals surface area contributed by atoms with Gasteiger partial charge in [-0.1, -0.05) is 18.2 Å². The summed E-state index contributed by atoms with van der Waals surface area (Å²) in [5.41, 5.74) is 8.62. The molecule has 0 spiro atoms. The summed E-state index contributed by atoms with van der Waals surface area (Å²) >= 11 is 0. The summed E-state index contributed by atoms with van der Waals surface area (Å²) < 4.78 is 1.67. The van der Waals surface area contributed by atoms with Gasteiger partial charge in [-0.05, 0) is 29.8 Å². The molecule has 3 aromatic rings. The van der Waals surface area contributed by atoms with Crippen molar-refractivity contribution in [1.82, 2.24) is 9.61 Å². The molecule has 0 aliphatic heterocycles. The number of pyridine rings is 1. The predicted octanol–water partition coefficient (Wildman–Crippen LogP) is 2.05. The second kappa shape index (κ2) is 5.14. The van der Waals surface area contributed by atoms with Gasteiger partial charge in [0.1, 0.15) is 0 Å². The number of hydrogen-bond donors (Lipinski definition) is 2. The number of amides is 1. The first kappa shape index (κ1) is 12.4. The highest BCUT2D eigenvalue weighted by Gasteiger charge is 2.12. The second-order valence-corrected chi connectivity index (χ2v) is 4.45. The summed E-state index contributed by atoms with van der Waals surface area (Å²) in [7, 11) is 0. The van der Waals surface area contributed by atoms with E-state index >= 15 is 0 Å². The molecule has 0 aliphatic rings. The minimum atomic E-state index is -0.180. The Hall–Kier alpha value is -2.66. The van der Waals surface area contributed by atoms with Gasteiger partial charge < -0.3 is 11.1 Å². The average molecular weight is 266 g/mol. The summed E-state index contributed by atoms with van der Waals surface area (Å²) in [6.07, 6.45) is 3.37. The fourth-order valence-corrected chi connectivity index (χ4v) is 2.08. The van der Waals surface area contributed by atoms with Crippen molar-refractivity contribution in [2.24, 2.45) is 5.73 Å². The number of rotatable bonds is 3. The Balaban J connectivity index is 1.89. The van der Waals surface area contributed by atoms with Crippen molar-refractivity contribution in [2.75, 3.05) is 5.32 Å². The second-order valence-electron chi connectivity index (χ2n) is 4.45. The van der Waals surface area contributed by atoms with Crippen molar-refractivity contribution >= 4 is 17.1 Å². The first-order chi connectivity index (χ1) is 9.78. The molecule has 0 fully saturated rings. The van der Waals surface area contributed by atoms with Crippen LogP contribution in [0.15, 0.2) is 54.9 Å². The molecule has 0 aliphatic carbocycles. The Bertz CT molecular complexity index is 763. The lowest BCUT2D eigenvalue weighted by molar-refractivity contribution is 0.102. The third-order valence-electron chi connectivity index (χ3n) is 3.09. The highest BCUT2D eigenvalue weighted by molar-refractivity contribution is 6.08. The number of anilines is 1. The SMILES string of the molecule is NCc1cccc(NC(=O)c2cnn3ccccc23)c1. The summed E-state index contributed by atoms with van der Waals surface area (Å²) in [6.45, 7) is 0.445. The van der Waals surface area contributed by atoms with Gasteiger partial charge in [-0.2, -0.15) is 5.10 Å². The minimum Gasteiger partial charge on any atom is -0.326 e. The van der Waals surface area contributed by atoms with E-state index in [1.807, 2.05) is 42.5 Å². The summed E-state index contributed by atoms with van der Waals surface area (Å²) in [6, 6.07) is 13.1. The zero-order valence-electron chi connectivity index (χ0n) is 10.8. The molecule has 0 bridgehead atoms. The third kappa shape index (κ3) is 2.26. The number of fused-ring (bicyclic) bond motifs is 1. The van der Waals surface area contributed by atoms with Gasteiger partial charge in [-0.25, -0.2) is 4.52 Å². The molecule has 5 nitrogen and oxygen atoms in total. The molecule has 0 radical (unpaired) electrons. The Kier molecular flexibility index (Phi) is 3.18. The van der Waals surface area contributed by atoms with Gasteiger partial charge in [0.2, 0.25) is 0 Å². The Morgan fingerprint density at radius 3 is 3.00 bits per heavy atom. The molecule has 20 heavy (non-hydrogen) atoms. The van der Waals surface area contributed by atoms with Crippen LogP contribution in [-0.4, -0.2) is 15.5 Å². The maximum Gasteiger partial charge on any atom is 0.259 e. The number of nitrogens with one attached hydrogen (secondary N) is 1. The number of nitrogens with zero attached hydrogens (tertiary/aromatic N) is 2. The zero-order valence-corrected chi connectivity index (χ0v) is 10.8. The monoisotopic (exact) mass is 266 g/mol. The van der Waals surface area contributed by atoms with Crippen LogP contribution >= 0.6 is 0 Å². The molecule has 3 N–H and O–H groups in total. The molecule has 5 heteroatoms. The van der Waals surface area contributed by atoms with Crippen LogP contribution in [-0.2, 0) is 6.54 Å². The van der Waals surface area contributed by atoms with E-state index in [0.29, 0.717) is 12.1 Å². The molecule has 2 heterocycles. The highest BCUT2D eigenvalue weighted by Crippen LogP contribution is 2.15. The van der Waals surface area contributed by atoms with Gasteiger partial charge in [-0.3, -0.25) is 4.79 Å². The van der Waals surface area contributed by atoms with Crippen LogP contribution in [0.3, 0.4) is 0 Å². The molecular weight excluding hydrogens is 252 g/mol. The summed E-state index contributed by atoms with van der Waals surface area (Å²) in [5, 5.41) is 7.01. The molecule has 0 unspecified atom stereocenters. The quantitative estimate of drug-likeness (QED) is 0.762. The molecule has 0 saturated heterocycles. The van der Waals surface area contributed by atoms with Crippen LogP contribution in [0.2, 0.25) is 0 Å². The van der Waals surface area contributed by atoms with E-state index in [0.717, 1.165) is 16.8 Å². The van der Waals surface area contributed by atoms with Crippen LogP contribution in [0, 0.1) is 0 Å². The van der Waals surface area contributed by atoms with Gasteiger partial charge in [-0.15, -0.1) is 0 Å². The predicted molar refractivity (Wildman–Crippen MR) is 77.5 cm³/mol. The standard InChI is InChI=1S/C15H14N4O/c16-9-11-4-3-5-12(8-11)18-15(20)13-10-17-19-7-2-1-6-14(13)19/h1-8,10H,9,16H2,(H,18,20). The molecule has 3 rings (SSSR count). The molecule has 100 valence electrons. The number of carbonyl (C=O) groups excluding carboxylic acids is 1. The van der Waals surface area contributed by atoms with Crippen molar-refractivity contribution in [1.29, 1.82) is 0 Å². The van der Waals surface area contributed by atoms with Crippen molar-refractivity contribution in [2.45, 2.75) is 6.54 Å². The van der Waals surface area contributed by atoms with E-state index in [4.69, 9.17) is 5.73 Å². The van der Waals surface area contributed by atoms with E-state index in [9.17, 15) is 4.79 Å². The smallest absolute Gasteiger partial charge is 0.259 e. The summed E-state index contributed by atoms with van der Waals surface area (Å²) in [5.74, 6) is -0.180. The van der Waals surface area contributed by atoms with Crippen LogP contribution in [0.4, 0.5) is 5.69 Å². The number of hydrogen-bond acceptors (Lipinski definition) is 3. The number of benzene rings is 1. The lowest BCUT2D eigenvalue weighted by atomic mass is 10.2. The van der Waals surface area contributed by atoms with E-state index in [1.165, 1.54) is 0 Å². The van der Waals surface area contributed by atoms with E-state index in [2.05, 4.69) is 10.4 Å². The van der Waals surface area contributed by atoms with E-state index < -0.39 is 0 Å². The molecule has 0 saturated carbocycles. The van der Waals surface area contributed by atoms with Crippen molar-refractivity contribution in [3.05, 3.63) is 66.0 Å². The van der Waals surface area contributed by atoms with E-state index in [1.54, 1.807) is 16.9 Å². The van der Waals surface area contributed by atoms with Gasteiger partial charge in [0, 0.05) is 18.4 Å². The van der Waals surface area contributed by atoms with Crippen LogP contribution in [0.25, 0.3) is 5.52 Å². The number of aromatic nitrogens is 2. The third-order valence-corrected chi connectivity index (χ3v) is 3.09. The lowest BCUT2D eigenvalue weighted by Gasteiger charge is -2.05. The normalized spacial score (nSPS) is 10.7. The topological polar surface area (TPSA) is 72.4 Å². The Morgan fingerprint density at radius 2 is 2.15 bits per heavy atom. The van der Waals surface area contributed by atoms with Crippen LogP contribution < -0.4 is 11.1 Å². The fourth-order valence-electron chi connectivity index (χ4n) is 2.08. The number of nitrogens with two attached hydrogens (primary N) is 1. The molecule has 1 aromatic carbocycles. The number of carbonyl (C=O) groups is 1. The fraction of sp³-hybridized carbons (Fsp3) is 0.0667.